The van der Waals surface area contributed by atoms with E-state index >= 15 is 0 Å². The Hall–Kier alpha value is -3.24. The van der Waals surface area contributed by atoms with Gasteiger partial charge in [-0.3, -0.25) is 20.4 Å². The zero-order valence-corrected chi connectivity index (χ0v) is 14.5. The van der Waals surface area contributed by atoms with Gasteiger partial charge in [-0.25, -0.2) is 4.98 Å². The van der Waals surface area contributed by atoms with Gasteiger partial charge in [-0.15, -0.1) is 0 Å². The van der Waals surface area contributed by atoms with Gasteiger partial charge in [-0.1, -0.05) is 6.07 Å². The van der Waals surface area contributed by atoms with Crippen molar-refractivity contribution in [3.63, 3.8) is 0 Å². The molecule has 1 aromatic carbocycles. The molecule has 0 radical (unpaired) electrons. The Morgan fingerprint density at radius 3 is 2.35 bits per heavy atom. The van der Waals surface area contributed by atoms with E-state index < -0.39 is 10.1 Å². The van der Waals surface area contributed by atoms with Crippen molar-refractivity contribution in [1.82, 2.24) is 15.0 Å². The molecule has 0 unspecified atom stereocenters. The second-order valence-corrected chi connectivity index (χ2v) is 6.60. The smallest absolute Gasteiger partial charge is 0.294 e. The summed E-state index contributed by atoms with van der Waals surface area (Å²) in [5, 5.41) is 2.89. The van der Waals surface area contributed by atoms with E-state index in [1.165, 1.54) is 24.3 Å². The van der Waals surface area contributed by atoms with E-state index in [4.69, 9.17) is 4.55 Å². The van der Waals surface area contributed by atoms with Crippen LogP contribution in [0, 0.1) is 0 Å². The van der Waals surface area contributed by atoms with Crippen LogP contribution in [0.15, 0.2) is 59.6 Å². The predicted octanol–water partition coefficient (Wildman–Crippen LogP) is 2.27. The summed E-state index contributed by atoms with van der Waals surface area (Å²) in [6.45, 7) is 0. The molecule has 0 aliphatic carbocycles. The van der Waals surface area contributed by atoms with Gasteiger partial charge in [0.1, 0.15) is 0 Å². The summed E-state index contributed by atoms with van der Waals surface area (Å²) >= 11 is 0. The zero-order chi connectivity index (χ0) is 18.6. The Labute approximate surface area is 150 Å². The minimum Gasteiger partial charge on any atom is -0.357 e. The highest BCUT2D eigenvalue weighted by molar-refractivity contribution is 7.85. The molecule has 134 valence electrons. The summed E-state index contributed by atoms with van der Waals surface area (Å²) in [6.07, 6.45) is 1.68. The van der Waals surface area contributed by atoms with Crippen LogP contribution in [0.4, 0.5) is 17.5 Å². The minimum atomic E-state index is -4.22. The number of hydrazine groups is 1. The van der Waals surface area contributed by atoms with E-state index in [9.17, 15) is 8.42 Å². The number of hydrogen-bond acceptors (Lipinski definition) is 8. The molecule has 3 aromatic rings. The first kappa shape index (κ1) is 17.6. The molecule has 2 heterocycles. The monoisotopic (exact) mass is 372 g/mol. The number of rotatable bonds is 6. The van der Waals surface area contributed by atoms with Crippen molar-refractivity contribution in [3.8, 4) is 11.4 Å². The molecule has 0 saturated heterocycles. The van der Waals surface area contributed by atoms with Gasteiger partial charge in [0.25, 0.3) is 10.1 Å². The summed E-state index contributed by atoms with van der Waals surface area (Å²) in [4.78, 5) is 12.7. The molecular weight excluding hydrogens is 356 g/mol. The quantitative estimate of drug-likeness (QED) is 0.380. The average molecular weight is 372 g/mol. The average Bonchev–Trinajstić information content (AvgIpc) is 2.66. The number of pyridine rings is 1. The normalized spacial score (nSPS) is 11.0. The third-order valence-electron chi connectivity index (χ3n) is 3.36. The van der Waals surface area contributed by atoms with Crippen molar-refractivity contribution in [2.24, 2.45) is 0 Å². The number of benzene rings is 1. The van der Waals surface area contributed by atoms with Crippen LogP contribution in [0.1, 0.15) is 0 Å². The lowest BCUT2D eigenvalue weighted by molar-refractivity contribution is 0.483. The second-order valence-electron chi connectivity index (χ2n) is 5.18. The summed E-state index contributed by atoms with van der Waals surface area (Å²) in [5.74, 6) is 0.906. The topological polar surface area (TPSA) is 129 Å². The number of aromatic nitrogens is 3. The Balaban J connectivity index is 1.79. The molecule has 0 amide bonds. The third kappa shape index (κ3) is 4.23. The number of anilines is 3. The standard InChI is InChI=1S/C16H16N6O3S/c1-17-16-19-14(13-4-2-3-9-18-13)10-15(20-16)22-21-11-5-7-12(8-6-11)26(23,24)25/h2-10,21H,1H3,(H,23,24,25)(H2,17,19,20,22). The lowest BCUT2D eigenvalue weighted by Gasteiger charge is -2.11. The van der Waals surface area contributed by atoms with Crippen molar-refractivity contribution in [3.05, 3.63) is 54.7 Å². The summed E-state index contributed by atoms with van der Waals surface area (Å²) in [6, 6.07) is 12.9. The first-order chi connectivity index (χ1) is 12.5. The van der Waals surface area contributed by atoms with Crippen LogP contribution in [-0.2, 0) is 10.1 Å². The Kier molecular flexibility index (Phi) is 4.96. The molecule has 2 aromatic heterocycles. The van der Waals surface area contributed by atoms with E-state index in [2.05, 4.69) is 31.1 Å². The fraction of sp³-hybridized carbons (Fsp3) is 0.0625. The molecule has 10 heteroatoms. The first-order valence-electron chi connectivity index (χ1n) is 7.53. The molecule has 0 saturated carbocycles. The van der Waals surface area contributed by atoms with Crippen molar-refractivity contribution in [1.29, 1.82) is 0 Å². The van der Waals surface area contributed by atoms with Crippen molar-refractivity contribution >= 4 is 27.6 Å². The molecule has 4 N–H and O–H groups in total. The van der Waals surface area contributed by atoms with Crippen LogP contribution in [0.2, 0.25) is 0 Å². The van der Waals surface area contributed by atoms with Gasteiger partial charge in [-0.2, -0.15) is 13.4 Å². The summed E-state index contributed by atoms with van der Waals surface area (Å²) < 4.78 is 31.1. The van der Waals surface area contributed by atoms with Gasteiger partial charge < -0.3 is 5.32 Å². The van der Waals surface area contributed by atoms with Gasteiger partial charge in [-0.05, 0) is 36.4 Å². The van der Waals surface area contributed by atoms with Gasteiger partial charge >= 0.3 is 0 Å². The molecule has 3 rings (SSSR count). The lowest BCUT2D eigenvalue weighted by Crippen LogP contribution is -2.12. The highest BCUT2D eigenvalue weighted by atomic mass is 32.2. The Morgan fingerprint density at radius 1 is 0.962 bits per heavy atom. The van der Waals surface area contributed by atoms with Gasteiger partial charge in [0.2, 0.25) is 5.95 Å². The largest absolute Gasteiger partial charge is 0.357 e. The van der Waals surface area contributed by atoms with Crippen molar-refractivity contribution < 1.29 is 13.0 Å². The predicted molar refractivity (Wildman–Crippen MR) is 98.3 cm³/mol. The van der Waals surface area contributed by atoms with Crippen molar-refractivity contribution in [2.45, 2.75) is 4.90 Å². The number of hydrogen-bond donors (Lipinski definition) is 4. The SMILES string of the molecule is CNc1nc(NNc2ccc(S(=O)(=O)O)cc2)cc(-c2ccccn2)n1. The minimum absolute atomic E-state index is 0.181. The maximum Gasteiger partial charge on any atom is 0.294 e. The van der Waals surface area contributed by atoms with Gasteiger partial charge in [0, 0.05) is 19.3 Å². The fourth-order valence-electron chi connectivity index (χ4n) is 2.12. The van der Waals surface area contributed by atoms with Crippen LogP contribution in [-0.4, -0.2) is 35.0 Å². The first-order valence-corrected chi connectivity index (χ1v) is 8.97. The van der Waals surface area contributed by atoms with E-state index in [-0.39, 0.29) is 4.90 Å². The molecule has 0 fully saturated rings. The third-order valence-corrected chi connectivity index (χ3v) is 4.23. The highest BCUT2D eigenvalue weighted by Crippen LogP contribution is 2.20. The molecule has 0 spiro atoms. The van der Waals surface area contributed by atoms with E-state index in [0.717, 1.165) is 0 Å². The molecule has 0 bridgehead atoms. The number of nitrogens with one attached hydrogen (secondary N) is 3. The fourth-order valence-corrected chi connectivity index (χ4v) is 2.60. The van der Waals surface area contributed by atoms with Crippen LogP contribution < -0.4 is 16.2 Å². The summed E-state index contributed by atoms with van der Waals surface area (Å²) in [7, 11) is -2.50. The van der Waals surface area contributed by atoms with E-state index in [1.54, 1.807) is 19.3 Å². The lowest BCUT2D eigenvalue weighted by atomic mass is 10.2. The van der Waals surface area contributed by atoms with Crippen LogP contribution in [0.5, 0.6) is 0 Å². The van der Waals surface area contributed by atoms with Gasteiger partial charge in [0.05, 0.1) is 22.0 Å². The van der Waals surface area contributed by atoms with E-state index in [1.807, 2.05) is 18.2 Å². The maximum absolute atomic E-state index is 11.1. The highest BCUT2D eigenvalue weighted by Gasteiger charge is 2.09. The molecule has 0 aliphatic rings. The molecular formula is C16H16N6O3S. The van der Waals surface area contributed by atoms with Crippen LogP contribution >= 0.6 is 0 Å². The number of nitrogens with zero attached hydrogens (tertiary/aromatic N) is 3. The molecule has 26 heavy (non-hydrogen) atoms. The van der Waals surface area contributed by atoms with E-state index in [0.29, 0.717) is 28.8 Å². The molecule has 9 nitrogen and oxygen atoms in total. The molecule has 0 aliphatic heterocycles. The Bertz CT molecular complexity index is 994. The summed E-state index contributed by atoms with van der Waals surface area (Å²) in [5.41, 5.74) is 7.75. The maximum atomic E-state index is 11.1. The van der Waals surface area contributed by atoms with Crippen LogP contribution in [0.3, 0.4) is 0 Å². The molecule has 0 atom stereocenters. The second kappa shape index (κ2) is 7.33. The van der Waals surface area contributed by atoms with Gasteiger partial charge in [0.15, 0.2) is 5.82 Å². The Morgan fingerprint density at radius 2 is 1.73 bits per heavy atom. The zero-order valence-electron chi connectivity index (χ0n) is 13.7. The van der Waals surface area contributed by atoms with Crippen LogP contribution in [0.25, 0.3) is 11.4 Å². The van der Waals surface area contributed by atoms with Crippen molar-refractivity contribution in [2.75, 3.05) is 23.2 Å².